The third-order valence-electron chi connectivity index (χ3n) is 5.09. The van der Waals surface area contributed by atoms with E-state index in [1.54, 1.807) is 18.3 Å². The van der Waals surface area contributed by atoms with Gasteiger partial charge < -0.3 is 15.4 Å². The Labute approximate surface area is 192 Å². The third-order valence-corrected chi connectivity index (χ3v) is 5.31. The fourth-order valence-electron chi connectivity index (χ4n) is 3.32. The molecule has 2 amide bonds. The van der Waals surface area contributed by atoms with E-state index in [1.165, 1.54) is 0 Å². The number of pyridine rings is 1. The van der Waals surface area contributed by atoms with E-state index in [0.29, 0.717) is 24.5 Å². The zero-order valence-corrected chi connectivity index (χ0v) is 18.4. The van der Waals surface area contributed by atoms with Gasteiger partial charge in [0.1, 0.15) is 11.3 Å². The molecule has 1 unspecified atom stereocenters. The van der Waals surface area contributed by atoms with Gasteiger partial charge in [-0.25, -0.2) is 4.98 Å². The first-order valence-corrected chi connectivity index (χ1v) is 10.9. The first-order valence-electron chi connectivity index (χ1n) is 10.6. The predicted octanol–water partition coefficient (Wildman–Crippen LogP) is 3.50. The van der Waals surface area contributed by atoms with Crippen LogP contribution in [-0.2, 0) is 25.7 Å². The molecule has 1 aliphatic heterocycles. The van der Waals surface area contributed by atoms with Crippen LogP contribution in [0, 0.1) is 5.92 Å². The molecule has 1 aliphatic rings. The summed E-state index contributed by atoms with van der Waals surface area (Å²) in [5.41, 5.74) is 1.62. The molecule has 1 aromatic carbocycles. The van der Waals surface area contributed by atoms with Crippen LogP contribution in [0.25, 0.3) is 0 Å². The largest absolute Gasteiger partial charge is 0.456 e. The average Bonchev–Trinajstić information content (AvgIpc) is 2.80. The molecule has 0 saturated heterocycles. The van der Waals surface area contributed by atoms with E-state index < -0.39 is 12.0 Å². The third kappa shape index (κ3) is 7.50. The summed E-state index contributed by atoms with van der Waals surface area (Å²) < 4.78 is 5.59. The van der Waals surface area contributed by atoms with Gasteiger partial charge in [-0.3, -0.25) is 14.4 Å². The monoisotopic (exact) mass is 455 g/mol. The van der Waals surface area contributed by atoms with Crippen molar-refractivity contribution < 1.29 is 19.1 Å². The van der Waals surface area contributed by atoms with Gasteiger partial charge in [0, 0.05) is 25.6 Å². The number of carbonyl (C=O) groups excluding carboxylic acids is 3. The molecule has 2 aromatic rings. The smallest absolute Gasteiger partial charge is 0.306 e. The van der Waals surface area contributed by atoms with Crippen molar-refractivity contribution in [2.45, 2.75) is 38.3 Å². The molecule has 0 radical (unpaired) electrons. The minimum absolute atomic E-state index is 0.0486. The SMILES string of the molecule is O=C(CC1C/C=C/CCC(=O)O[C@H](c2ccccc2)CNC1=O)NCc1ccc(Cl)nc1. The van der Waals surface area contributed by atoms with Crippen molar-refractivity contribution in [3.05, 3.63) is 77.1 Å². The lowest BCUT2D eigenvalue weighted by Crippen LogP contribution is -2.37. The summed E-state index contributed by atoms with van der Waals surface area (Å²) in [6, 6.07) is 12.7. The van der Waals surface area contributed by atoms with E-state index in [4.69, 9.17) is 16.3 Å². The van der Waals surface area contributed by atoms with Gasteiger partial charge in [-0.05, 0) is 30.0 Å². The minimum Gasteiger partial charge on any atom is -0.456 e. The first kappa shape index (κ1) is 23.5. The number of halogens is 1. The lowest BCUT2D eigenvalue weighted by Gasteiger charge is -2.21. The highest BCUT2D eigenvalue weighted by atomic mass is 35.5. The topological polar surface area (TPSA) is 97.4 Å². The van der Waals surface area contributed by atoms with Gasteiger partial charge in [-0.1, -0.05) is 60.2 Å². The molecule has 2 heterocycles. The normalized spacial score (nSPS) is 20.8. The fraction of sp³-hybridized carbons (Fsp3) is 0.333. The predicted molar refractivity (Wildman–Crippen MR) is 120 cm³/mol. The highest BCUT2D eigenvalue weighted by Crippen LogP contribution is 2.19. The number of benzene rings is 1. The number of nitrogens with zero attached hydrogens (tertiary/aromatic N) is 1. The first-order chi connectivity index (χ1) is 15.5. The van der Waals surface area contributed by atoms with Crippen molar-refractivity contribution in [3.8, 4) is 0 Å². The second kappa shape index (κ2) is 12.0. The minimum atomic E-state index is -0.581. The highest BCUT2D eigenvalue weighted by molar-refractivity contribution is 6.29. The number of rotatable bonds is 5. The van der Waals surface area contributed by atoms with E-state index in [-0.39, 0.29) is 37.2 Å². The number of aromatic nitrogens is 1. The maximum atomic E-state index is 12.8. The van der Waals surface area contributed by atoms with Crippen molar-refractivity contribution in [2.75, 3.05) is 6.54 Å². The molecule has 0 spiro atoms. The molecular weight excluding hydrogens is 430 g/mol. The van der Waals surface area contributed by atoms with E-state index in [0.717, 1.165) is 11.1 Å². The van der Waals surface area contributed by atoms with Crippen molar-refractivity contribution in [2.24, 2.45) is 5.92 Å². The quantitative estimate of drug-likeness (QED) is 0.408. The Kier molecular flexibility index (Phi) is 8.80. The lowest BCUT2D eigenvalue weighted by atomic mass is 9.98. The summed E-state index contributed by atoms with van der Waals surface area (Å²) in [5.74, 6) is -1.32. The Bertz CT molecular complexity index is 947. The maximum Gasteiger partial charge on any atom is 0.306 e. The van der Waals surface area contributed by atoms with Crippen LogP contribution >= 0.6 is 11.6 Å². The van der Waals surface area contributed by atoms with Crippen molar-refractivity contribution in [1.29, 1.82) is 0 Å². The molecule has 32 heavy (non-hydrogen) atoms. The van der Waals surface area contributed by atoms with Crippen LogP contribution < -0.4 is 10.6 Å². The Morgan fingerprint density at radius 1 is 1.16 bits per heavy atom. The number of ether oxygens (including phenoxy) is 1. The summed E-state index contributed by atoms with van der Waals surface area (Å²) >= 11 is 5.78. The number of cyclic esters (lactones) is 1. The summed E-state index contributed by atoms with van der Waals surface area (Å²) in [4.78, 5) is 41.4. The van der Waals surface area contributed by atoms with Crippen LogP contribution in [0.4, 0.5) is 0 Å². The Balaban J connectivity index is 1.62. The number of esters is 1. The Hall–Kier alpha value is -3.19. The molecule has 1 aromatic heterocycles. The summed E-state index contributed by atoms with van der Waals surface area (Å²) in [5, 5.41) is 6.05. The van der Waals surface area contributed by atoms with Gasteiger partial charge in [0.25, 0.3) is 0 Å². The molecule has 7 nitrogen and oxygen atoms in total. The number of carbonyl (C=O) groups is 3. The molecule has 8 heteroatoms. The molecule has 168 valence electrons. The molecule has 0 fully saturated rings. The number of allylic oxidation sites excluding steroid dienone is 2. The number of nitrogens with one attached hydrogen (secondary N) is 2. The molecule has 3 rings (SSSR count). The van der Waals surface area contributed by atoms with Gasteiger partial charge >= 0.3 is 5.97 Å². The van der Waals surface area contributed by atoms with Gasteiger partial charge in [0.05, 0.1) is 12.5 Å². The maximum absolute atomic E-state index is 12.8. The van der Waals surface area contributed by atoms with Crippen molar-refractivity contribution >= 4 is 29.4 Å². The van der Waals surface area contributed by atoms with Gasteiger partial charge in [-0.2, -0.15) is 0 Å². The summed E-state index contributed by atoms with van der Waals surface area (Å²) in [6.07, 6.45) is 5.93. The molecule has 2 atom stereocenters. The Morgan fingerprint density at radius 2 is 1.97 bits per heavy atom. The molecular formula is C24H26ClN3O4. The fourth-order valence-corrected chi connectivity index (χ4v) is 3.43. The Morgan fingerprint density at radius 3 is 2.72 bits per heavy atom. The van der Waals surface area contributed by atoms with Crippen LogP contribution in [-0.4, -0.2) is 29.3 Å². The zero-order chi connectivity index (χ0) is 22.8. The van der Waals surface area contributed by atoms with Gasteiger partial charge in [0.2, 0.25) is 11.8 Å². The van der Waals surface area contributed by atoms with Crippen molar-refractivity contribution in [3.63, 3.8) is 0 Å². The second-order valence-corrected chi connectivity index (χ2v) is 7.93. The van der Waals surface area contributed by atoms with Gasteiger partial charge in [0.15, 0.2) is 0 Å². The van der Waals surface area contributed by atoms with Crippen LogP contribution in [0.1, 0.15) is 42.9 Å². The van der Waals surface area contributed by atoms with E-state index in [9.17, 15) is 14.4 Å². The van der Waals surface area contributed by atoms with E-state index in [2.05, 4.69) is 15.6 Å². The summed E-state index contributed by atoms with van der Waals surface area (Å²) in [6.45, 7) is 0.450. The van der Waals surface area contributed by atoms with Crippen LogP contribution in [0.5, 0.6) is 0 Å². The van der Waals surface area contributed by atoms with E-state index in [1.807, 2.05) is 42.5 Å². The number of amides is 2. The number of hydrogen-bond acceptors (Lipinski definition) is 5. The second-order valence-electron chi connectivity index (χ2n) is 7.55. The average molecular weight is 456 g/mol. The van der Waals surface area contributed by atoms with Gasteiger partial charge in [-0.15, -0.1) is 0 Å². The molecule has 0 bridgehead atoms. The highest BCUT2D eigenvalue weighted by Gasteiger charge is 2.24. The lowest BCUT2D eigenvalue weighted by molar-refractivity contribution is -0.150. The van der Waals surface area contributed by atoms with Crippen molar-refractivity contribution in [1.82, 2.24) is 15.6 Å². The molecule has 0 aliphatic carbocycles. The van der Waals surface area contributed by atoms with Crippen LogP contribution in [0.3, 0.4) is 0 Å². The summed E-state index contributed by atoms with van der Waals surface area (Å²) in [7, 11) is 0. The van der Waals surface area contributed by atoms with Crippen LogP contribution in [0.2, 0.25) is 5.15 Å². The molecule has 0 saturated carbocycles. The van der Waals surface area contributed by atoms with E-state index >= 15 is 0 Å². The molecule has 2 N–H and O–H groups in total. The number of hydrogen-bond donors (Lipinski definition) is 2. The standard InChI is InChI=1S/C24H26ClN3O4/c25-21-12-11-17(14-26-21)15-27-22(29)13-19-9-5-2-6-10-23(30)32-20(16-28-24(19)31)18-7-3-1-4-8-18/h1-5,7-8,11-12,14,19-20H,6,9-10,13,15-16H2,(H,27,29)(H,28,31)/b5-2+/t19?,20-/m0/s1. The zero-order valence-electron chi connectivity index (χ0n) is 17.6. The van der Waals surface area contributed by atoms with Crippen LogP contribution in [0.15, 0.2) is 60.8 Å².